The van der Waals surface area contributed by atoms with Crippen LogP contribution in [-0.4, -0.2) is 30.5 Å². The molecular formula is C18H16N6OS. The molecule has 0 radical (unpaired) electrons. The number of thiazole rings is 1. The Kier molecular flexibility index (Phi) is 3.96. The molecule has 0 fully saturated rings. The molecule has 4 heterocycles. The summed E-state index contributed by atoms with van der Waals surface area (Å²) in [6.07, 6.45) is 5.08. The van der Waals surface area contributed by atoms with E-state index in [1.807, 2.05) is 37.6 Å². The van der Waals surface area contributed by atoms with Gasteiger partial charge in [0, 0.05) is 35.1 Å². The summed E-state index contributed by atoms with van der Waals surface area (Å²) >= 11 is 1.48. The van der Waals surface area contributed by atoms with Crippen LogP contribution in [0.1, 0.15) is 27.3 Å². The van der Waals surface area contributed by atoms with Crippen molar-refractivity contribution in [3.05, 3.63) is 58.6 Å². The summed E-state index contributed by atoms with van der Waals surface area (Å²) in [4.78, 5) is 30.1. The molecule has 130 valence electrons. The molecule has 0 aliphatic rings. The molecule has 1 N–H and O–H groups in total. The molecule has 0 aliphatic heterocycles. The van der Waals surface area contributed by atoms with Gasteiger partial charge in [-0.1, -0.05) is 0 Å². The number of fused-ring (bicyclic) bond motifs is 1. The third-order valence-corrected chi connectivity index (χ3v) is 4.97. The van der Waals surface area contributed by atoms with Crippen LogP contribution >= 0.6 is 11.3 Å². The summed E-state index contributed by atoms with van der Waals surface area (Å²) in [5, 5.41) is 3.69. The summed E-state index contributed by atoms with van der Waals surface area (Å²) in [6, 6.07) is 3.85. The predicted molar refractivity (Wildman–Crippen MR) is 101 cm³/mol. The first-order valence-electron chi connectivity index (χ1n) is 8.03. The fourth-order valence-corrected chi connectivity index (χ4v) is 3.46. The molecule has 0 atom stereocenters. The molecule has 7 nitrogen and oxygen atoms in total. The fourth-order valence-electron chi connectivity index (χ4n) is 2.73. The predicted octanol–water partition coefficient (Wildman–Crippen LogP) is 3.26. The van der Waals surface area contributed by atoms with Gasteiger partial charge in [-0.2, -0.15) is 0 Å². The number of hydrogen-bond donors (Lipinski definition) is 1. The van der Waals surface area contributed by atoms with Gasteiger partial charge in [-0.15, -0.1) is 11.3 Å². The number of aromatic nitrogens is 5. The van der Waals surface area contributed by atoms with Gasteiger partial charge >= 0.3 is 0 Å². The molecule has 4 aromatic heterocycles. The summed E-state index contributed by atoms with van der Waals surface area (Å²) < 4.78 is 1.63. The number of hydrogen-bond acceptors (Lipinski definition) is 6. The molecule has 1 amide bonds. The molecule has 0 aliphatic carbocycles. The van der Waals surface area contributed by atoms with Gasteiger partial charge in [0.15, 0.2) is 16.5 Å². The van der Waals surface area contributed by atoms with Crippen molar-refractivity contribution in [2.45, 2.75) is 20.8 Å². The van der Waals surface area contributed by atoms with Crippen molar-refractivity contribution in [3.63, 3.8) is 0 Å². The zero-order valence-corrected chi connectivity index (χ0v) is 15.3. The van der Waals surface area contributed by atoms with Gasteiger partial charge in [-0.3, -0.25) is 10.2 Å². The van der Waals surface area contributed by atoms with Crippen molar-refractivity contribution in [1.29, 1.82) is 0 Å². The lowest BCUT2D eigenvalue weighted by atomic mass is 10.2. The lowest BCUT2D eigenvalue weighted by molar-refractivity contribution is 0.101. The van der Waals surface area contributed by atoms with E-state index in [4.69, 9.17) is 0 Å². The molecule has 0 bridgehead atoms. The summed E-state index contributed by atoms with van der Waals surface area (Å²) in [5.74, 6) is 0.244. The highest BCUT2D eigenvalue weighted by molar-refractivity contribution is 7.13. The molecule has 0 aromatic carbocycles. The number of nitrogens with zero attached hydrogens (tertiary/aromatic N) is 5. The second-order valence-corrected chi connectivity index (χ2v) is 6.84. The van der Waals surface area contributed by atoms with Gasteiger partial charge in [-0.25, -0.2) is 24.6 Å². The van der Waals surface area contributed by atoms with Crippen LogP contribution in [0, 0.1) is 20.8 Å². The molecule has 0 spiro atoms. The van der Waals surface area contributed by atoms with Gasteiger partial charge in [0.25, 0.3) is 5.91 Å². The van der Waals surface area contributed by atoms with Crippen molar-refractivity contribution < 1.29 is 4.79 Å². The zero-order chi connectivity index (χ0) is 18.3. The Labute approximate surface area is 153 Å². The summed E-state index contributed by atoms with van der Waals surface area (Å²) in [5.41, 5.74) is 6.53. The fraction of sp³-hybridized carbons (Fsp3) is 0.167. The van der Waals surface area contributed by atoms with Crippen LogP contribution in [0.5, 0.6) is 0 Å². The van der Waals surface area contributed by atoms with Gasteiger partial charge in [-0.05, 0) is 38.5 Å². The van der Waals surface area contributed by atoms with Crippen molar-refractivity contribution in [2.75, 3.05) is 5.43 Å². The molecule has 0 saturated heterocycles. The first-order chi connectivity index (χ1) is 12.5. The first-order valence-corrected chi connectivity index (χ1v) is 8.91. The Morgan fingerprint density at radius 1 is 1.19 bits per heavy atom. The Morgan fingerprint density at radius 2 is 2.04 bits per heavy atom. The minimum atomic E-state index is -0.285. The van der Waals surface area contributed by atoms with Crippen LogP contribution in [0.2, 0.25) is 0 Å². The number of amides is 1. The molecule has 0 unspecified atom stereocenters. The second-order valence-electron chi connectivity index (χ2n) is 5.98. The standard InChI is InChI=1S/C18H16N6OS/c1-10-8-24(16-13(10)5-4-6-19-16)23-17(25)14-7-20-15(22-12(14)3)18-21-11(2)9-26-18/h4-9H,1-3H3,(H,23,25). The van der Waals surface area contributed by atoms with E-state index in [1.54, 1.807) is 17.8 Å². The second kappa shape index (κ2) is 6.30. The van der Waals surface area contributed by atoms with E-state index in [2.05, 4.69) is 25.4 Å². The minimum absolute atomic E-state index is 0.285. The molecule has 0 saturated carbocycles. The third-order valence-electron chi connectivity index (χ3n) is 4.02. The third kappa shape index (κ3) is 2.84. The monoisotopic (exact) mass is 364 g/mol. The van der Waals surface area contributed by atoms with E-state index >= 15 is 0 Å². The van der Waals surface area contributed by atoms with E-state index in [0.717, 1.165) is 21.7 Å². The van der Waals surface area contributed by atoms with Gasteiger partial charge < -0.3 is 0 Å². The molecule has 8 heteroatoms. The first kappa shape index (κ1) is 16.3. The van der Waals surface area contributed by atoms with Crippen molar-refractivity contribution in [2.24, 2.45) is 0 Å². The van der Waals surface area contributed by atoms with Crippen LogP contribution in [0.15, 0.2) is 36.1 Å². The Hall–Kier alpha value is -3.13. The Balaban J connectivity index is 1.64. The van der Waals surface area contributed by atoms with E-state index in [1.165, 1.54) is 17.5 Å². The Morgan fingerprint density at radius 3 is 2.77 bits per heavy atom. The quantitative estimate of drug-likeness (QED) is 0.603. The average Bonchev–Trinajstić information content (AvgIpc) is 3.19. The summed E-state index contributed by atoms with van der Waals surface area (Å²) in [6.45, 7) is 5.69. The summed E-state index contributed by atoms with van der Waals surface area (Å²) in [7, 11) is 0. The van der Waals surface area contributed by atoms with Crippen molar-refractivity contribution in [3.8, 4) is 10.8 Å². The van der Waals surface area contributed by atoms with Crippen molar-refractivity contribution >= 4 is 28.3 Å². The number of pyridine rings is 1. The van der Waals surface area contributed by atoms with Gasteiger partial charge in [0.2, 0.25) is 0 Å². The molecule has 4 rings (SSSR count). The maximum absolute atomic E-state index is 12.7. The molecule has 26 heavy (non-hydrogen) atoms. The number of carbonyl (C=O) groups excluding carboxylic acids is 1. The van der Waals surface area contributed by atoms with E-state index in [0.29, 0.717) is 22.7 Å². The maximum Gasteiger partial charge on any atom is 0.273 e. The number of rotatable bonds is 3. The topological polar surface area (TPSA) is 85.6 Å². The average molecular weight is 364 g/mol. The van der Waals surface area contributed by atoms with E-state index < -0.39 is 0 Å². The highest BCUT2D eigenvalue weighted by Gasteiger charge is 2.16. The van der Waals surface area contributed by atoms with Crippen LogP contribution < -0.4 is 5.43 Å². The number of nitrogens with one attached hydrogen (secondary N) is 1. The normalized spacial score (nSPS) is 11.0. The van der Waals surface area contributed by atoms with Crippen molar-refractivity contribution in [1.82, 2.24) is 24.6 Å². The van der Waals surface area contributed by atoms with Crippen LogP contribution in [0.4, 0.5) is 0 Å². The van der Waals surface area contributed by atoms with E-state index in [9.17, 15) is 4.79 Å². The zero-order valence-electron chi connectivity index (χ0n) is 14.5. The maximum atomic E-state index is 12.7. The largest absolute Gasteiger partial charge is 0.273 e. The van der Waals surface area contributed by atoms with Crippen LogP contribution in [0.25, 0.3) is 21.9 Å². The smallest absolute Gasteiger partial charge is 0.267 e. The lowest BCUT2D eigenvalue weighted by Crippen LogP contribution is -2.23. The minimum Gasteiger partial charge on any atom is -0.267 e. The van der Waals surface area contributed by atoms with E-state index in [-0.39, 0.29) is 5.91 Å². The van der Waals surface area contributed by atoms with Crippen LogP contribution in [-0.2, 0) is 0 Å². The SMILES string of the molecule is Cc1csc(-c2ncc(C(=O)Nn3cc(C)c4cccnc43)c(C)n2)n1. The van der Waals surface area contributed by atoms with Gasteiger partial charge in [0.05, 0.1) is 11.3 Å². The Bertz CT molecular complexity index is 1130. The van der Waals surface area contributed by atoms with Crippen LogP contribution in [0.3, 0.4) is 0 Å². The lowest BCUT2D eigenvalue weighted by Gasteiger charge is -2.09. The number of carbonyl (C=O) groups is 1. The van der Waals surface area contributed by atoms with Gasteiger partial charge in [0.1, 0.15) is 0 Å². The number of aryl methyl sites for hydroxylation is 3. The molecular weight excluding hydrogens is 348 g/mol. The highest BCUT2D eigenvalue weighted by Crippen LogP contribution is 2.21. The molecule has 4 aromatic rings. The highest BCUT2D eigenvalue weighted by atomic mass is 32.1.